The van der Waals surface area contributed by atoms with Crippen LogP contribution < -0.4 is 0 Å². The zero-order valence-corrected chi connectivity index (χ0v) is 13.0. The first kappa shape index (κ1) is 16.3. The van der Waals surface area contributed by atoms with Gasteiger partial charge in [-0.05, 0) is 57.3 Å². The van der Waals surface area contributed by atoms with Crippen molar-refractivity contribution in [3.8, 4) is 0 Å². The fourth-order valence-electron chi connectivity index (χ4n) is 2.95. The maximum atomic E-state index is 2.50. The van der Waals surface area contributed by atoms with Gasteiger partial charge in [-0.15, -0.1) is 0 Å². The zero-order chi connectivity index (χ0) is 13.8. The minimum absolute atomic E-state index is 0.849. The molecule has 0 nitrogen and oxygen atoms in total. The Bertz CT molecular complexity index is 282. The van der Waals surface area contributed by atoms with Gasteiger partial charge in [-0.2, -0.15) is 0 Å². The van der Waals surface area contributed by atoms with Crippen molar-refractivity contribution in [2.24, 2.45) is 11.8 Å². The molecule has 0 spiro atoms. The SMILES string of the molecule is CC=CCCC=C[C@H]1CCC[C@@H]1CC=CCCCC. The highest BCUT2D eigenvalue weighted by molar-refractivity contribution is 4.98. The molecule has 0 heterocycles. The van der Waals surface area contributed by atoms with Crippen molar-refractivity contribution in [2.75, 3.05) is 0 Å². The van der Waals surface area contributed by atoms with Crippen molar-refractivity contribution in [2.45, 2.75) is 71.6 Å². The highest BCUT2D eigenvalue weighted by atomic mass is 14.3. The van der Waals surface area contributed by atoms with E-state index in [0.29, 0.717) is 0 Å². The topological polar surface area (TPSA) is 0 Å². The van der Waals surface area contributed by atoms with Gasteiger partial charge in [0.2, 0.25) is 0 Å². The summed E-state index contributed by atoms with van der Waals surface area (Å²) in [6.07, 6.45) is 26.0. The maximum absolute atomic E-state index is 2.50. The summed E-state index contributed by atoms with van der Waals surface area (Å²) in [6.45, 7) is 4.36. The van der Waals surface area contributed by atoms with Crippen LogP contribution in [0.5, 0.6) is 0 Å². The molecule has 0 aromatic carbocycles. The number of hydrogen-bond donors (Lipinski definition) is 0. The molecule has 0 bridgehead atoms. The summed E-state index contributed by atoms with van der Waals surface area (Å²) in [6, 6.07) is 0. The van der Waals surface area contributed by atoms with Gasteiger partial charge in [0.1, 0.15) is 0 Å². The van der Waals surface area contributed by atoms with E-state index in [-0.39, 0.29) is 0 Å². The largest absolute Gasteiger partial charge is 0.0917 e. The lowest BCUT2D eigenvalue weighted by Gasteiger charge is -2.13. The Morgan fingerprint density at radius 2 is 1.79 bits per heavy atom. The van der Waals surface area contributed by atoms with E-state index in [1.807, 2.05) is 0 Å². The van der Waals surface area contributed by atoms with Crippen molar-refractivity contribution in [1.82, 2.24) is 0 Å². The minimum atomic E-state index is 0.849. The number of unbranched alkanes of at least 4 members (excludes halogenated alkanes) is 3. The Morgan fingerprint density at radius 1 is 0.947 bits per heavy atom. The molecule has 1 rings (SSSR count). The van der Waals surface area contributed by atoms with Crippen LogP contribution in [-0.4, -0.2) is 0 Å². The van der Waals surface area contributed by atoms with Gasteiger partial charge in [-0.3, -0.25) is 0 Å². The predicted octanol–water partition coefficient (Wildman–Crippen LogP) is 6.45. The van der Waals surface area contributed by atoms with Gasteiger partial charge >= 0.3 is 0 Å². The second-order valence-electron chi connectivity index (χ2n) is 5.78. The van der Waals surface area contributed by atoms with Crippen LogP contribution in [-0.2, 0) is 0 Å². The molecular formula is C19H32. The van der Waals surface area contributed by atoms with Crippen LogP contribution in [0, 0.1) is 11.8 Å². The summed E-state index contributed by atoms with van der Waals surface area (Å²) < 4.78 is 0. The van der Waals surface area contributed by atoms with E-state index in [9.17, 15) is 0 Å². The predicted molar refractivity (Wildman–Crippen MR) is 87.3 cm³/mol. The van der Waals surface area contributed by atoms with Gasteiger partial charge in [0.05, 0.1) is 0 Å². The van der Waals surface area contributed by atoms with E-state index in [0.717, 1.165) is 11.8 Å². The van der Waals surface area contributed by atoms with Crippen LogP contribution in [0.1, 0.15) is 71.6 Å². The molecule has 0 saturated heterocycles. The van der Waals surface area contributed by atoms with E-state index in [1.165, 1.54) is 57.8 Å². The molecule has 0 amide bonds. The molecule has 19 heavy (non-hydrogen) atoms. The summed E-state index contributed by atoms with van der Waals surface area (Å²) in [5, 5.41) is 0. The molecule has 1 aliphatic carbocycles. The van der Waals surface area contributed by atoms with Crippen molar-refractivity contribution < 1.29 is 0 Å². The third kappa shape index (κ3) is 7.40. The van der Waals surface area contributed by atoms with E-state index >= 15 is 0 Å². The molecule has 0 unspecified atom stereocenters. The van der Waals surface area contributed by atoms with Crippen LogP contribution in [0.2, 0.25) is 0 Å². The lowest BCUT2D eigenvalue weighted by Crippen LogP contribution is -2.03. The molecule has 0 radical (unpaired) electrons. The van der Waals surface area contributed by atoms with Gasteiger partial charge in [0.25, 0.3) is 0 Å². The van der Waals surface area contributed by atoms with Gasteiger partial charge in [-0.1, -0.05) is 62.6 Å². The number of allylic oxidation sites excluding steroid dienone is 6. The Morgan fingerprint density at radius 3 is 2.58 bits per heavy atom. The fourth-order valence-corrected chi connectivity index (χ4v) is 2.95. The van der Waals surface area contributed by atoms with Gasteiger partial charge in [0, 0.05) is 0 Å². The van der Waals surface area contributed by atoms with Crippen LogP contribution in [0.25, 0.3) is 0 Å². The summed E-state index contributed by atoms with van der Waals surface area (Å²) in [7, 11) is 0. The highest BCUT2D eigenvalue weighted by Crippen LogP contribution is 2.35. The van der Waals surface area contributed by atoms with Crippen LogP contribution in [0.15, 0.2) is 36.5 Å². The zero-order valence-electron chi connectivity index (χ0n) is 13.0. The minimum Gasteiger partial charge on any atom is -0.0917 e. The molecule has 0 aromatic heterocycles. The average molecular weight is 260 g/mol. The average Bonchev–Trinajstić information content (AvgIpc) is 2.86. The summed E-state index contributed by atoms with van der Waals surface area (Å²) in [5.74, 6) is 1.76. The van der Waals surface area contributed by atoms with E-state index in [2.05, 4.69) is 50.3 Å². The number of rotatable bonds is 9. The van der Waals surface area contributed by atoms with Crippen molar-refractivity contribution in [1.29, 1.82) is 0 Å². The first-order valence-corrected chi connectivity index (χ1v) is 8.31. The Hall–Kier alpha value is -0.780. The molecule has 0 aliphatic heterocycles. The molecule has 0 N–H and O–H groups in total. The normalized spacial score (nSPS) is 24.3. The quantitative estimate of drug-likeness (QED) is 0.330. The van der Waals surface area contributed by atoms with E-state index < -0.39 is 0 Å². The van der Waals surface area contributed by atoms with Crippen LogP contribution >= 0.6 is 0 Å². The second-order valence-corrected chi connectivity index (χ2v) is 5.78. The molecule has 0 aromatic rings. The van der Waals surface area contributed by atoms with E-state index in [4.69, 9.17) is 0 Å². The lowest BCUT2D eigenvalue weighted by atomic mass is 9.92. The Labute approximate surface area is 120 Å². The molecule has 1 saturated carbocycles. The van der Waals surface area contributed by atoms with Crippen molar-refractivity contribution in [3.05, 3.63) is 36.5 Å². The molecule has 0 heteroatoms. The molecule has 108 valence electrons. The molecule has 1 fully saturated rings. The maximum Gasteiger partial charge on any atom is -0.0202 e. The standard InChI is InChI=1S/C19H32/c1-3-5-7-9-11-14-18-16-13-17-19(18)15-12-10-8-6-4-2/h3,5,10-12,14,18-19H,4,6-9,13,15-17H2,1-2H3/t18-,19-/m0/s1. The van der Waals surface area contributed by atoms with Gasteiger partial charge in [0.15, 0.2) is 0 Å². The first-order valence-electron chi connectivity index (χ1n) is 8.31. The molecule has 1 aliphatic rings. The summed E-state index contributed by atoms with van der Waals surface area (Å²) in [5.41, 5.74) is 0. The third-order valence-electron chi connectivity index (χ3n) is 4.17. The Kier molecular flexibility index (Phi) is 9.49. The monoisotopic (exact) mass is 260 g/mol. The summed E-state index contributed by atoms with van der Waals surface area (Å²) in [4.78, 5) is 0. The van der Waals surface area contributed by atoms with Crippen molar-refractivity contribution in [3.63, 3.8) is 0 Å². The third-order valence-corrected chi connectivity index (χ3v) is 4.17. The summed E-state index contributed by atoms with van der Waals surface area (Å²) >= 11 is 0. The first-order chi connectivity index (χ1) is 9.38. The fraction of sp³-hybridized carbons (Fsp3) is 0.684. The van der Waals surface area contributed by atoms with Gasteiger partial charge < -0.3 is 0 Å². The van der Waals surface area contributed by atoms with Crippen LogP contribution in [0.4, 0.5) is 0 Å². The second kappa shape index (κ2) is 11.1. The lowest BCUT2D eigenvalue weighted by molar-refractivity contribution is 0.463. The highest BCUT2D eigenvalue weighted by Gasteiger charge is 2.23. The smallest absolute Gasteiger partial charge is 0.0202 e. The number of hydrogen-bond acceptors (Lipinski definition) is 0. The van der Waals surface area contributed by atoms with Crippen molar-refractivity contribution >= 4 is 0 Å². The Balaban J connectivity index is 2.23. The van der Waals surface area contributed by atoms with E-state index in [1.54, 1.807) is 0 Å². The van der Waals surface area contributed by atoms with Gasteiger partial charge in [-0.25, -0.2) is 0 Å². The van der Waals surface area contributed by atoms with Crippen LogP contribution in [0.3, 0.4) is 0 Å². The molecule has 2 atom stereocenters. The molecular weight excluding hydrogens is 228 g/mol.